The average Bonchev–Trinajstić information content (AvgIpc) is 3.69. The number of rotatable bonds is 4. The second-order valence-corrected chi connectivity index (χ2v) is 12.0. The fourth-order valence-electron chi connectivity index (χ4n) is 5.21. The maximum Gasteiger partial charge on any atom is 0.490 e. The third-order valence-electron chi connectivity index (χ3n) is 7.24. The molecule has 1 saturated carbocycles. The molecule has 0 amide bonds. The summed E-state index contributed by atoms with van der Waals surface area (Å²) in [6, 6.07) is 3.71. The Bertz CT molecular complexity index is 1900. The van der Waals surface area contributed by atoms with E-state index in [1.165, 1.54) is 11.3 Å². The number of nitrogens with zero attached hydrogens (tertiary/aromatic N) is 4. The molecule has 6 rings (SSSR count). The molecule has 43 heavy (non-hydrogen) atoms. The van der Waals surface area contributed by atoms with Gasteiger partial charge in [0.2, 0.25) is 0 Å². The quantitative estimate of drug-likeness (QED) is 0.180. The van der Waals surface area contributed by atoms with Crippen LogP contribution in [0.2, 0.25) is 0 Å². The van der Waals surface area contributed by atoms with Gasteiger partial charge in [-0.05, 0) is 51.7 Å². The Morgan fingerprint density at radius 3 is 2.67 bits per heavy atom. The van der Waals surface area contributed by atoms with Crippen LogP contribution in [0, 0.1) is 11.8 Å². The Balaban J connectivity index is 1.32. The van der Waals surface area contributed by atoms with Gasteiger partial charge in [0.1, 0.15) is 17.5 Å². The van der Waals surface area contributed by atoms with Crippen molar-refractivity contribution in [2.45, 2.75) is 63.5 Å². The summed E-state index contributed by atoms with van der Waals surface area (Å²) in [4.78, 5) is 20.5. The maximum atomic E-state index is 12.6. The molecular weight excluding hydrogens is 583 g/mol. The molecule has 5 heterocycles. The van der Waals surface area contributed by atoms with Gasteiger partial charge in [0.15, 0.2) is 11.4 Å². The van der Waals surface area contributed by atoms with Crippen LogP contribution in [0.1, 0.15) is 50.4 Å². The molecule has 0 bridgehead atoms. The largest absolute Gasteiger partial charge is 0.490 e. The number of halogens is 3. The SMILES string of the molecule is CC(C)(O)C#Cc1sc2cnccc2c1-c1cc2c(-c3cnn([C@H]4CC[C@H](OC(=O)C(F)(F)F)CC4)c3)cnc(N)c2o1. The van der Waals surface area contributed by atoms with E-state index in [4.69, 9.17) is 10.2 Å². The number of furan rings is 1. The number of nitrogen functional groups attached to an aromatic ring is 1. The molecule has 0 spiro atoms. The number of esters is 1. The summed E-state index contributed by atoms with van der Waals surface area (Å²) < 4.78 is 51.3. The van der Waals surface area contributed by atoms with Gasteiger partial charge in [-0.25, -0.2) is 9.78 Å². The van der Waals surface area contributed by atoms with Crippen LogP contribution in [0.4, 0.5) is 19.0 Å². The van der Waals surface area contributed by atoms with Crippen molar-refractivity contribution >= 4 is 44.2 Å². The highest BCUT2D eigenvalue weighted by Crippen LogP contribution is 2.43. The van der Waals surface area contributed by atoms with E-state index in [2.05, 4.69) is 31.6 Å². The molecule has 0 atom stereocenters. The van der Waals surface area contributed by atoms with Gasteiger partial charge in [-0.2, -0.15) is 18.3 Å². The van der Waals surface area contributed by atoms with Gasteiger partial charge in [-0.3, -0.25) is 9.67 Å². The standard InChI is InChI=1S/C30H26F3N5O4S/c1-29(2,40)9-7-23-25(19-8-10-35-14-24(19)43-23)22-11-20-21(13-36-27(34)26(20)42-22)16-12-37-38(15-16)17-3-5-18(6-4-17)41-28(39)30(31,32)33/h8,10-15,17-18,40H,3-6H2,1-2H3,(H2,34,36)/t17-,18-. The molecule has 1 fully saturated rings. The molecule has 1 aliphatic carbocycles. The van der Waals surface area contributed by atoms with Gasteiger partial charge in [0.05, 0.1) is 27.4 Å². The molecule has 0 aromatic carbocycles. The number of aliphatic hydroxyl groups is 1. The van der Waals surface area contributed by atoms with E-state index >= 15 is 0 Å². The molecule has 5 aromatic heterocycles. The first-order valence-corrected chi connectivity index (χ1v) is 14.3. The van der Waals surface area contributed by atoms with Crippen molar-refractivity contribution in [2.24, 2.45) is 0 Å². The van der Waals surface area contributed by atoms with Crippen LogP contribution < -0.4 is 5.73 Å². The number of anilines is 1. The molecule has 5 aromatic rings. The lowest BCUT2D eigenvalue weighted by Gasteiger charge is -2.28. The monoisotopic (exact) mass is 609 g/mol. The maximum absolute atomic E-state index is 12.6. The minimum absolute atomic E-state index is 0.0607. The van der Waals surface area contributed by atoms with Crippen LogP contribution in [0.3, 0.4) is 0 Å². The first kappa shape index (κ1) is 28.7. The van der Waals surface area contributed by atoms with E-state index in [9.17, 15) is 23.1 Å². The van der Waals surface area contributed by atoms with Crippen molar-refractivity contribution in [1.29, 1.82) is 0 Å². The summed E-state index contributed by atoms with van der Waals surface area (Å²) >= 11 is 1.45. The van der Waals surface area contributed by atoms with Crippen molar-refractivity contribution in [3.63, 3.8) is 0 Å². The van der Waals surface area contributed by atoms with Crippen LogP contribution in [-0.4, -0.2) is 48.7 Å². The lowest BCUT2D eigenvalue weighted by Crippen LogP contribution is -2.32. The van der Waals surface area contributed by atoms with E-state index in [1.807, 2.05) is 18.3 Å². The number of nitrogens with two attached hydrogens (primary N) is 1. The van der Waals surface area contributed by atoms with E-state index < -0.39 is 23.9 Å². The molecule has 222 valence electrons. The number of hydrogen-bond donors (Lipinski definition) is 2. The second kappa shape index (κ2) is 10.7. The number of carbonyl (C=O) groups is 1. The molecular formula is C30H26F3N5O4S. The molecule has 0 aliphatic heterocycles. The second-order valence-electron chi connectivity index (χ2n) is 10.9. The summed E-state index contributed by atoms with van der Waals surface area (Å²) in [7, 11) is 0. The normalized spacial score (nSPS) is 17.6. The average molecular weight is 610 g/mol. The Morgan fingerprint density at radius 2 is 1.95 bits per heavy atom. The number of ether oxygens (including phenoxy) is 1. The summed E-state index contributed by atoms with van der Waals surface area (Å²) in [5.41, 5.74) is 7.71. The Labute approximate surface area is 247 Å². The topological polar surface area (TPSA) is 129 Å². The third-order valence-corrected chi connectivity index (χ3v) is 8.30. The van der Waals surface area contributed by atoms with Crippen LogP contribution in [0.5, 0.6) is 0 Å². The van der Waals surface area contributed by atoms with Crippen molar-refractivity contribution in [1.82, 2.24) is 19.7 Å². The van der Waals surface area contributed by atoms with Crippen molar-refractivity contribution in [3.8, 4) is 34.3 Å². The van der Waals surface area contributed by atoms with Gasteiger partial charge >= 0.3 is 12.1 Å². The summed E-state index contributed by atoms with van der Waals surface area (Å²) in [6.07, 6.45) is 4.52. The van der Waals surface area contributed by atoms with Gasteiger partial charge in [-0.15, -0.1) is 11.3 Å². The zero-order chi connectivity index (χ0) is 30.5. The molecule has 0 radical (unpaired) electrons. The van der Waals surface area contributed by atoms with Crippen LogP contribution >= 0.6 is 11.3 Å². The van der Waals surface area contributed by atoms with Crippen molar-refractivity contribution in [3.05, 3.63) is 48.0 Å². The van der Waals surface area contributed by atoms with Crippen LogP contribution in [0.25, 0.3) is 43.5 Å². The number of aromatic nitrogens is 4. The number of pyridine rings is 2. The fourth-order valence-corrected chi connectivity index (χ4v) is 6.24. The first-order chi connectivity index (χ1) is 20.4. The van der Waals surface area contributed by atoms with Crippen LogP contribution in [0.15, 0.2) is 47.5 Å². The van der Waals surface area contributed by atoms with E-state index in [1.54, 1.807) is 43.3 Å². The third kappa shape index (κ3) is 5.80. The highest BCUT2D eigenvalue weighted by atomic mass is 32.1. The lowest BCUT2D eigenvalue weighted by molar-refractivity contribution is -0.206. The molecule has 1 aliphatic rings. The number of thiophene rings is 1. The number of carbonyl (C=O) groups excluding carboxylic acids is 1. The van der Waals surface area contributed by atoms with E-state index in [-0.39, 0.29) is 11.9 Å². The van der Waals surface area contributed by atoms with Crippen molar-refractivity contribution in [2.75, 3.05) is 5.73 Å². The smallest absolute Gasteiger partial charge is 0.456 e. The highest BCUT2D eigenvalue weighted by molar-refractivity contribution is 7.20. The Kier molecular flexibility index (Phi) is 7.14. The number of alkyl halides is 3. The Hall–Kier alpha value is -4.41. The summed E-state index contributed by atoms with van der Waals surface area (Å²) in [5.74, 6) is 4.57. The molecule has 9 nitrogen and oxygen atoms in total. The van der Waals surface area contributed by atoms with Gasteiger partial charge < -0.3 is 20.0 Å². The van der Waals surface area contributed by atoms with E-state index in [0.29, 0.717) is 41.9 Å². The molecule has 0 unspecified atom stereocenters. The Morgan fingerprint density at radius 1 is 1.19 bits per heavy atom. The molecule has 3 N–H and O–H groups in total. The molecule has 0 saturated heterocycles. The predicted octanol–water partition coefficient (Wildman–Crippen LogP) is 6.26. The zero-order valence-electron chi connectivity index (χ0n) is 23.1. The first-order valence-electron chi connectivity index (χ1n) is 13.5. The molecule has 13 heteroatoms. The van der Waals surface area contributed by atoms with Crippen molar-refractivity contribution < 1.29 is 32.2 Å². The van der Waals surface area contributed by atoms with Gasteiger partial charge in [0, 0.05) is 46.7 Å². The summed E-state index contributed by atoms with van der Waals surface area (Å²) in [5, 5.41) is 16.3. The predicted molar refractivity (Wildman–Crippen MR) is 155 cm³/mol. The fraction of sp³-hybridized carbons (Fsp3) is 0.333. The van der Waals surface area contributed by atoms with Crippen LogP contribution in [-0.2, 0) is 9.53 Å². The lowest BCUT2D eigenvalue weighted by atomic mass is 9.93. The summed E-state index contributed by atoms with van der Waals surface area (Å²) in [6.45, 7) is 3.23. The van der Waals surface area contributed by atoms with Gasteiger partial charge in [0.25, 0.3) is 0 Å². The zero-order valence-corrected chi connectivity index (χ0v) is 23.9. The highest BCUT2D eigenvalue weighted by Gasteiger charge is 2.42. The van der Waals surface area contributed by atoms with E-state index in [0.717, 1.165) is 32.2 Å². The minimum atomic E-state index is -5.00. The minimum Gasteiger partial charge on any atom is -0.456 e. The number of hydrogen-bond acceptors (Lipinski definition) is 9. The number of fused-ring (bicyclic) bond motifs is 2. The van der Waals surface area contributed by atoms with Gasteiger partial charge in [-0.1, -0.05) is 11.8 Å².